The number of hydrogen-bond donors (Lipinski definition) is 1. The second-order valence-corrected chi connectivity index (χ2v) is 5.37. The summed E-state index contributed by atoms with van der Waals surface area (Å²) >= 11 is 0. The molecule has 1 N–H and O–H groups in total. The summed E-state index contributed by atoms with van der Waals surface area (Å²) in [5, 5.41) is 16.1. The third kappa shape index (κ3) is 1.81. The van der Waals surface area contributed by atoms with Crippen molar-refractivity contribution in [1.82, 2.24) is 4.90 Å². The predicted molar refractivity (Wildman–Crippen MR) is 77.4 cm³/mol. The summed E-state index contributed by atoms with van der Waals surface area (Å²) in [6, 6.07) is 14.0. The van der Waals surface area contributed by atoms with Gasteiger partial charge in [-0.05, 0) is 16.3 Å². The van der Waals surface area contributed by atoms with E-state index in [9.17, 15) is 9.90 Å². The van der Waals surface area contributed by atoms with Crippen molar-refractivity contribution in [3.63, 3.8) is 0 Å². The molecule has 21 heavy (non-hydrogen) atoms. The maximum absolute atomic E-state index is 12.3. The van der Waals surface area contributed by atoms with Crippen LogP contribution in [0.5, 0.6) is 0 Å². The fourth-order valence-electron chi connectivity index (χ4n) is 3.05. The maximum Gasteiger partial charge on any atom is 0.237 e. The quantitative estimate of drug-likeness (QED) is 0.908. The van der Waals surface area contributed by atoms with E-state index < -0.39 is 18.2 Å². The van der Waals surface area contributed by atoms with Crippen molar-refractivity contribution in [3.8, 4) is 0 Å². The normalized spacial score (nSPS) is 27.2. The molecule has 0 aromatic heterocycles. The lowest BCUT2D eigenvalue weighted by molar-refractivity contribution is -0.136. The molecule has 3 atom stereocenters. The van der Waals surface area contributed by atoms with Gasteiger partial charge in [0, 0.05) is 6.54 Å². The summed E-state index contributed by atoms with van der Waals surface area (Å²) in [5.41, 5.74) is 1.01. The van der Waals surface area contributed by atoms with E-state index in [1.807, 2.05) is 42.5 Å². The monoisotopic (exact) mass is 282 g/mol. The Labute approximate surface area is 121 Å². The number of amides is 1. The van der Waals surface area contributed by atoms with Gasteiger partial charge in [-0.1, -0.05) is 47.6 Å². The number of fused-ring (bicyclic) bond motifs is 2. The summed E-state index contributed by atoms with van der Waals surface area (Å²) in [7, 11) is 0. The molecule has 2 aliphatic heterocycles. The van der Waals surface area contributed by atoms with E-state index >= 15 is 0 Å². The molecule has 2 aliphatic rings. The Bertz CT molecular complexity index is 738. The Balaban J connectivity index is 1.69. The summed E-state index contributed by atoms with van der Waals surface area (Å²) < 4.78 is 0. The number of benzene rings is 2. The zero-order valence-electron chi connectivity index (χ0n) is 11.2. The van der Waals surface area contributed by atoms with Crippen LogP contribution < -0.4 is 0 Å². The van der Waals surface area contributed by atoms with Crippen LogP contribution in [-0.4, -0.2) is 34.5 Å². The van der Waals surface area contributed by atoms with E-state index in [1.165, 1.54) is 11.1 Å². The number of rotatable bonds is 2. The van der Waals surface area contributed by atoms with Crippen molar-refractivity contribution in [3.05, 3.63) is 48.0 Å². The van der Waals surface area contributed by atoms with Crippen molar-refractivity contribution < 1.29 is 14.7 Å². The summed E-state index contributed by atoms with van der Waals surface area (Å²) in [4.78, 5) is 18.9. The number of nitrogens with zero attached hydrogens (tertiary/aromatic N) is 2. The van der Waals surface area contributed by atoms with Crippen molar-refractivity contribution in [2.45, 2.75) is 18.9 Å². The van der Waals surface area contributed by atoms with Crippen LogP contribution in [0, 0.1) is 5.92 Å². The van der Waals surface area contributed by atoms with Crippen LogP contribution in [-0.2, 0) is 16.2 Å². The molecule has 0 saturated carbocycles. The Morgan fingerprint density at radius 3 is 2.86 bits per heavy atom. The van der Waals surface area contributed by atoms with Crippen molar-refractivity contribution in [2.75, 3.05) is 0 Å². The molecule has 2 aromatic rings. The van der Waals surface area contributed by atoms with Crippen LogP contribution in [0.2, 0.25) is 0 Å². The molecule has 4 rings (SSSR count). The van der Waals surface area contributed by atoms with E-state index in [0.717, 1.165) is 16.3 Å². The molecule has 0 spiro atoms. The van der Waals surface area contributed by atoms with Gasteiger partial charge in [-0.3, -0.25) is 4.79 Å². The summed E-state index contributed by atoms with van der Waals surface area (Å²) in [6.45, 7) is 0.367. The minimum Gasteiger partial charge on any atom is -0.387 e. The number of likely N-dealkylation sites (tertiary alicyclic amines) is 1. The van der Waals surface area contributed by atoms with Crippen molar-refractivity contribution >= 4 is 22.9 Å². The molecule has 5 nitrogen and oxygen atoms in total. The Morgan fingerprint density at radius 1 is 1.19 bits per heavy atom. The Kier molecular flexibility index (Phi) is 2.68. The number of aliphatic hydroxyl groups excluding tert-OH is 1. The lowest BCUT2D eigenvalue weighted by atomic mass is 10.0. The third-order valence-corrected chi connectivity index (χ3v) is 4.16. The minimum absolute atomic E-state index is 0.137. The topological polar surface area (TPSA) is 62.1 Å². The van der Waals surface area contributed by atoms with E-state index in [-0.39, 0.29) is 5.91 Å². The van der Waals surface area contributed by atoms with Crippen molar-refractivity contribution in [2.24, 2.45) is 11.1 Å². The van der Waals surface area contributed by atoms with Gasteiger partial charge in [0.2, 0.25) is 5.91 Å². The van der Waals surface area contributed by atoms with Crippen LogP contribution >= 0.6 is 0 Å². The van der Waals surface area contributed by atoms with E-state index in [0.29, 0.717) is 6.54 Å². The van der Waals surface area contributed by atoms with Gasteiger partial charge in [0.25, 0.3) is 0 Å². The number of hydrogen-bond acceptors (Lipinski definition) is 4. The standard InChI is InChI=1S/C16H14N2O3/c19-15-13-8-17-21-14(13)16(20)18(15)9-11-6-3-5-10-4-1-2-7-12(10)11/h1-8,13-14,16,20H,9H2. The van der Waals surface area contributed by atoms with Gasteiger partial charge in [-0.25, -0.2) is 0 Å². The van der Waals surface area contributed by atoms with Gasteiger partial charge in [0.15, 0.2) is 12.3 Å². The van der Waals surface area contributed by atoms with Gasteiger partial charge >= 0.3 is 0 Å². The lowest BCUT2D eigenvalue weighted by Crippen LogP contribution is -2.36. The highest BCUT2D eigenvalue weighted by Crippen LogP contribution is 2.31. The highest BCUT2D eigenvalue weighted by Gasteiger charge is 2.51. The Hall–Kier alpha value is -2.40. The minimum atomic E-state index is -0.955. The highest BCUT2D eigenvalue weighted by molar-refractivity contribution is 5.97. The fourth-order valence-corrected chi connectivity index (χ4v) is 3.05. The number of carbonyl (C=O) groups is 1. The van der Waals surface area contributed by atoms with Gasteiger partial charge < -0.3 is 14.8 Å². The van der Waals surface area contributed by atoms with Gasteiger partial charge in [-0.2, -0.15) is 0 Å². The number of aliphatic hydroxyl groups is 1. The second kappa shape index (κ2) is 4.56. The average molecular weight is 282 g/mol. The molecule has 2 heterocycles. The average Bonchev–Trinajstić information content (AvgIpc) is 3.07. The summed E-state index contributed by atoms with van der Waals surface area (Å²) in [6.07, 6.45) is -0.0595. The molecular formula is C16H14N2O3. The zero-order chi connectivity index (χ0) is 14.4. The fraction of sp³-hybridized carbons (Fsp3) is 0.250. The molecule has 2 aromatic carbocycles. The zero-order valence-corrected chi connectivity index (χ0v) is 11.2. The third-order valence-electron chi connectivity index (χ3n) is 4.16. The lowest BCUT2D eigenvalue weighted by Gasteiger charge is -2.22. The molecule has 1 fully saturated rings. The molecule has 0 aliphatic carbocycles. The van der Waals surface area contributed by atoms with Gasteiger partial charge in [0.05, 0.1) is 6.21 Å². The molecule has 1 saturated heterocycles. The smallest absolute Gasteiger partial charge is 0.237 e. The van der Waals surface area contributed by atoms with Crippen LogP contribution in [0.3, 0.4) is 0 Å². The molecule has 0 radical (unpaired) electrons. The van der Waals surface area contributed by atoms with Crippen LogP contribution in [0.25, 0.3) is 10.8 Å². The molecule has 5 heteroatoms. The maximum atomic E-state index is 12.3. The predicted octanol–water partition coefficient (Wildman–Crippen LogP) is 1.50. The molecule has 0 bridgehead atoms. The summed E-state index contributed by atoms with van der Waals surface area (Å²) in [5.74, 6) is -0.600. The Morgan fingerprint density at radius 2 is 2.00 bits per heavy atom. The van der Waals surface area contributed by atoms with E-state index in [1.54, 1.807) is 0 Å². The molecule has 3 unspecified atom stereocenters. The highest BCUT2D eigenvalue weighted by atomic mass is 16.7. The number of carbonyl (C=O) groups excluding carboxylic acids is 1. The second-order valence-electron chi connectivity index (χ2n) is 5.37. The van der Waals surface area contributed by atoms with E-state index in [4.69, 9.17) is 4.84 Å². The SMILES string of the molecule is O=C1C2C=NOC2C(O)N1Cc1cccc2ccccc12. The van der Waals surface area contributed by atoms with Crippen molar-refractivity contribution in [1.29, 1.82) is 0 Å². The van der Waals surface area contributed by atoms with Crippen LogP contribution in [0.1, 0.15) is 5.56 Å². The van der Waals surface area contributed by atoms with Crippen LogP contribution in [0.15, 0.2) is 47.6 Å². The molecular weight excluding hydrogens is 268 g/mol. The number of oxime groups is 1. The van der Waals surface area contributed by atoms with Crippen LogP contribution in [0.4, 0.5) is 0 Å². The first-order valence-corrected chi connectivity index (χ1v) is 6.90. The molecule has 106 valence electrons. The largest absolute Gasteiger partial charge is 0.387 e. The first-order valence-electron chi connectivity index (χ1n) is 6.90. The van der Waals surface area contributed by atoms with Gasteiger partial charge in [0.1, 0.15) is 5.92 Å². The van der Waals surface area contributed by atoms with E-state index in [2.05, 4.69) is 5.16 Å². The first-order chi connectivity index (χ1) is 10.3. The van der Waals surface area contributed by atoms with Gasteiger partial charge in [-0.15, -0.1) is 0 Å². The first kappa shape index (κ1) is 12.3. The molecule has 1 amide bonds.